The Balaban J connectivity index is 2.19. The van der Waals surface area contributed by atoms with Crippen LogP contribution in [-0.2, 0) is 6.18 Å². The molecule has 0 fully saturated rings. The maximum atomic E-state index is 12.9. The standard InChI is InChI=1S/C20H20BrClF3NO2/c1-2-3-4-5-10-28-18-9-7-14(21)12-15(18)19(27)26-17-11-13(20(23,24)25)6-8-16(17)22/h6-9,11-12H,2-5,10H2,1H3,(H,26,27). The lowest BCUT2D eigenvalue weighted by atomic mass is 10.1. The zero-order valence-corrected chi connectivity index (χ0v) is 17.5. The third-order valence-electron chi connectivity index (χ3n) is 3.98. The first-order chi connectivity index (χ1) is 13.2. The fourth-order valence-corrected chi connectivity index (χ4v) is 3.03. The van der Waals surface area contributed by atoms with Gasteiger partial charge < -0.3 is 10.1 Å². The van der Waals surface area contributed by atoms with Crippen molar-refractivity contribution in [1.82, 2.24) is 0 Å². The predicted octanol–water partition coefficient (Wildman–Crippen LogP) is 7.33. The first-order valence-electron chi connectivity index (χ1n) is 8.83. The number of unbranched alkanes of at least 4 members (excludes halogenated alkanes) is 3. The molecule has 0 unspecified atom stereocenters. The van der Waals surface area contributed by atoms with Gasteiger partial charge in [-0.05, 0) is 42.8 Å². The van der Waals surface area contributed by atoms with Crippen LogP contribution in [0.3, 0.4) is 0 Å². The zero-order chi connectivity index (χ0) is 20.7. The van der Waals surface area contributed by atoms with Crippen LogP contribution in [-0.4, -0.2) is 12.5 Å². The Kier molecular flexibility index (Phi) is 8.19. The second-order valence-electron chi connectivity index (χ2n) is 6.20. The lowest BCUT2D eigenvalue weighted by Crippen LogP contribution is -2.15. The Morgan fingerprint density at radius 3 is 2.57 bits per heavy atom. The summed E-state index contributed by atoms with van der Waals surface area (Å²) >= 11 is 9.25. The fourth-order valence-electron chi connectivity index (χ4n) is 2.50. The second kappa shape index (κ2) is 10.2. The third-order valence-corrected chi connectivity index (χ3v) is 4.81. The number of hydrogen-bond acceptors (Lipinski definition) is 2. The van der Waals surface area contributed by atoms with E-state index >= 15 is 0 Å². The summed E-state index contributed by atoms with van der Waals surface area (Å²) in [5.74, 6) is -0.244. The minimum Gasteiger partial charge on any atom is -0.493 e. The van der Waals surface area contributed by atoms with Gasteiger partial charge in [-0.1, -0.05) is 53.7 Å². The van der Waals surface area contributed by atoms with E-state index in [0.717, 1.165) is 43.9 Å². The largest absolute Gasteiger partial charge is 0.493 e. The molecule has 0 aliphatic rings. The summed E-state index contributed by atoms with van der Waals surface area (Å²) in [5, 5.41) is 2.46. The van der Waals surface area contributed by atoms with Crippen LogP contribution in [0.15, 0.2) is 40.9 Å². The van der Waals surface area contributed by atoms with E-state index in [0.29, 0.717) is 16.8 Å². The lowest BCUT2D eigenvalue weighted by molar-refractivity contribution is -0.137. The molecular weight excluding hydrogens is 459 g/mol. The summed E-state index contributed by atoms with van der Waals surface area (Å²) in [6, 6.07) is 7.71. The average Bonchev–Trinajstić information content (AvgIpc) is 2.63. The predicted molar refractivity (Wildman–Crippen MR) is 108 cm³/mol. The summed E-state index contributed by atoms with van der Waals surface area (Å²) in [5.41, 5.74) is -0.803. The molecule has 0 saturated heterocycles. The number of halogens is 5. The van der Waals surface area contributed by atoms with Gasteiger partial charge in [0.15, 0.2) is 0 Å². The van der Waals surface area contributed by atoms with Crippen molar-refractivity contribution >= 4 is 39.1 Å². The molecule has 8 heteroatoms. The average molecular weight is 479 g/mol. The van der Waals surface area contributed by atoms with E-state index in [1.54, 1.807) is 18.2 Å². The highest BCUT2D eigenvalue weighted by Crippen LogP contribution is 2.34. The van der Waals surface area contributed by atoms with Gasteiger partial charge in [0, 0.05) is 4.47 Å². The van der Waals surface area contributed by atoms with Crippen LogP contribution in [0.4, 0.5) is 18.9 Å². The first-order valence-corrected chi connectivity index (χ1v) is 10.00. The number of ether oxygens (including phenoxy) is 1. The number of benzene rings is 2. The van der Waals surface area contributed by atoms with Gasteiger partial charge in [-0.25, -0.2) is 0 Å². The normalized spacial score (nSPS) is 11.4. The highest BCUT2D eigenvalue weighted by atomic mass is 79.9. The Labute approximate surface area is 175 Å². The summed E-state index contributed by atoms with van der Waals surface area (Å²) in [4.78, 5) is 12.7. The SMILES string of the molecule is CCCCCCOc1ccc(Br)cc1C(=O)Nc1cc(C(F)(F)F)ccc1Cl. The molecule has 0 aliphatic heterocycles. The molecule has 0 saturated carbocycles. The number of nitrogens with one attached hydrogen (secondary N) is 1. The van der Waals surface area contributed by atoms with E-state index in [9.17, 15) is 18.0 Å². The van der Waals surface area contributed by atoms with Crippen LogP contribution >= 0.6 is 27.5 Å². The lowest BCUT2D eigenvalue weighted by Gasteiger charge is -2.14. The maximum absolute atomic E-state index is 12.9. The van der Waals surface area contributed by atoms with Gasteiger partial charge >= 0.3 is 6.18 Å². The number of carbonyl (C=O) groups is 1. The van der Waals surface area contributed by atoms with Gasteiger partial charge in [-0.3, -0.25) is 4.79 Å². The molecule has 2 aromatic rings. The van der Waals surface area contributed by atoms with Crippen LogP contribution in [0.1, 0.15) is 48.5 Å². The highest BCUT2D eigenvalue weighted by molar-refractivity contribution is 9.10. The summed E-state index contributed by atoms with van der Waals surface area (Å²) < 4.78 is 45.1. The van der Waals surface area contributed by atoms with E-state index in [2.05, 4.69) is 28.2 Å². The molecule has 0 radical (unpaired) electrons. The summed E-state index contributed by atoms with van der Waals surface area (Å²) in [7, 11) is 0. The quantitative estimate of drug-likeness (QED) is 0.403. The van der Waals surface area contributed by atoms with Crippen LogP contribution in [0, 0.1) is 0 Å². The molecule has 1 amide bonds. The number of hydrogen-bond donors (Lipinski definition) is 1. The topological polar surface area (TPSA) is 38.3 Å². The van der Waals surface area contributed by atoms with Gasteiger partial charge in [0.2, 0.25) is 0 Å². The van der Waals surface area contributed by atoms with E-state index in [-0.39, 0.29) is 16.3 Å². The molecule has 2 rings (SSSR count). The van der Waals surface area contributed by atoms with Crippen LogP contribution in [0.2, 0.25) is 5.02 Å². The third kappa shape index (κ3) is 6.41. The monoisotopic (exact) mass is 477 g/mol. The Hall–Kier alpha value is -1.73. The van der Waals surface area contributed by atoms with Crippen molar-refractivity contribution in [3.8, 4) is 5.75 Å². The molecule has 0 atom stereocenters. The minimum atomic E-state index is -4.54. The van der Waals surface area contributed by atoms with Crippen molar-refractivity contribution in [1.29, 1.82) is 0 Å². The van der Waals surface area contributed by atoms with E-state index in [1.165, 1.54) is 0 Å². The van der Waals surface area contributed by atoms with Crippen LogP contribution in [0.5, 0.6) is 5.75 Å². The fraction of sp³-hybridized carbons (Fsp3) is 0.350. The van der Waals surface area contributed by atoms with E-state index < -0.39 is 17.6 Å². The summed E-state index contributed by atoms with van der Waals surface area (Å²) in [6.07, 6.45) is -0.458. The molecule has 152 valence electrons. The van der Waals surface area contributed by atoms with Gasteiger partial charge in [0.1, 0.15) is 5.75 Å². The van der Waals surface area contributed by atoms with Crippen molar-refractivity contribution in [2.45, 2.75) is 38.8 Å². The van der Waals surface area contributed by atoms with Crippen molar-refractivity contribution < 1.29 is 22.7 Å². The van der Waals surface area contributed by atoms with Gasteiger partial charge in [0.05, 0.1) is 28.4 Å². The van der Waals surface area contributed by atoms with Crippen LogP contribution in [0.25, 0.3) is 0 Å². The van der Waals surface area contributed by atoms with Crippen molar-refractivity contribution in [2.24, 2.45) is 0 Å². The molecule has 0 heterocycles. The molecule has 0 spiro atoms. The first kappa shape index (κ1) is 22.6. The number of amides is 1. The molecule has 0 bridgehead atoms. The molecule has 1 N–H and O–H groups in total. The molecule has 2 aromatic carbocycles. The number of carbonyl (C=O) groups excluding carboxylic acids is 1. The smallest absolute Gasteiger partial charge is 0.416 e. The second-order valence-corrected chi connectivity index (χ2v) is 7.52. The molecule has 0 aliphatic carbocycles. The minimum absolute atomic E-state index is 0.0124. The van der Waals surface area contributed by atoms with Gasteiger partial charge in [-0.2, -0.15) is 13.2 Å². The molecule has 0 aromatic heterocycles. The Bertz CT molecular complexity index is 828. The highest BCUT2D eigenvalue weighted by Gasteiger charge is 2.31. The Morgan fingerprint density at radius 2 is 1.89 bits per heavy atom. The van der Waals surface area contributed by atoms with Crippen LogP contribution < -0.4 is 10.1 Å². The maximum Gasteiger partial charge on any atom is 0.416 e. The van der Waals surface area contributed by atoms with Crippen molar-refractivity contribution in [3.63, 3.8) is 0 Å². The van der Waals surface area contributed by atoms with E-state index in [4.69, 9.17) is 16.3 Å². The number of alkyl halides is 3. The number of rotatable bonds is 8. The molecule has 3 nitrogen and oxygen atoms in total. The van der Waals surface area contributed by atoms with Crippen molar-refractivity contribution in [2.75, 3.05) is 11.9 Å². The molecular formula is C20H20BrClF3NO2. The van der Waals surface area contributed by atoms with Gasteiger partial charge in [-0.15, -0.1) is 0 Å². The zero-order valence-electron chi connectivity index (χ0n) is 15.2. The Morgan fingerprint density at radius 1 is 1.14 bits per heavy atom. The van der Waals surface area contributed by atoms with Gasteiger partial charge in [0.25, 0.3) is 5.91 Å². The van der Waals surface area contributed by atoms with Crippen molar-refractivity contribution in [3.05, 3.63) is 57.0 Å². The summed E-state index contributed by atoms with van der Waals surface area (Å²) in [6.45, 7) is 2.56. The van der Waals surface area contributed by atoms with E-state index in [1.807, 2.05) is 0 Å². The number of anilines is 1. The molecule has 28 heavy (non-hydrogen) atoms.